The number of carbonyl (C=O) groups is 3. The molecule has 2 amide bonds. The van der Waals surface area contributed by atoms with Crippen molar-refractivity contribution >= 4 is 28.6 Å². The number of benzene rings is 2. The van der Waals surface area contributed by atoms with Crippen molar-refractivity contribution in [2.75, 3.05) is 26.8 Å². The average molecular weight is 451 g/mol. The number of esters is 1. The van der Waals surface area contributed by atoms with Crippen LogP contribution in [0.15, 0.2) is 59.5 Å². The molecule has 0 saturated heterocycles. The first-order valence-electron chi connectivity index (χ1n) is 10.4. The van der Waals surface area contributed by atoms with Gasteiger partial charge in [-0.2, -0.15) is 0 Å². The molecule has 0 atom stereocenters. The van der Waals surface area contributed by atoms with Crippen LogP contribution in [0.1, 0.15) is 23.7 Å². The molecule has 1 heterocycles. The van der Waals surface area contributed by atoms with E-state index in [-0.39, 0.29) is 31.7 Å². The number of pyridine rings is 1. The molecule has 33 heavy (non-hydrogen) atoms. The van der Waals surface area contributed by atoms with Gasteiger partial charge < -0.3 is 20.1 Å². The lowest BCUT2D eigenvalue weighted by atomic mass is 10.1. The summed E-state index contributed by atoms with van der Waals surface area (Å²) in [7, 11) is 1.53. The van der Waals surface area contributed by atoms with Crippen LogP contribution in [0.3, 0.4) is 0 Å². The Hall–Kier alpha value is -4.14. The lowest BCUT2D eigenvalue weighted by Crippen LogP contribution is -2.34. The van der Waals surface area contributed by atoms with Gasteiger partial charge in [-0.05, 0) is 25.1 Å². The topological polar surface area (TPSA) is 116 Å². The van der Waals surface area contributed by atoms with Crippen molar-refractivity contribution in [1.82, 2.24) is 15.2 Å². The number of amides is 2. The van der Waals surface area contributed by atoms with Gasteiger partial charge in [-0.1, -0.05) is 24.3 Å². The fourth-order valence-corrected chi connectivity index (χ4v) is 3.28. The molecule has 9 nitrogen and oxygen atoms in total. The van der Waals surface area contributed by atoms with Crippen molar-refractivity contribution in [1.29, 1.82) is 0 Å². The summed E-state index contributed by atoms with van der Waals surface area (Å²) in [5.41, 5.74) is 0.575. The Morgan fingerprint density at radius 1 is 1.00 bits per heavy atom. The highest BCUT2D eigenvalue weighted by molar-refractivity contribution is 6.06. The van der Waals surface area contributed by atoms with Gasteiger partial charge in [0, 0.05) is 36.0 Å². The first-order chi connectivity index (χ1) is 15.9. The van der Waals surface area contributed by atoms with E-state index in [2.05, 4.69) is 10.6 Å². The van der Waals surface area contributed by atoms with Gasteiger partial charge in [0.25, 0.3) is 11.5 Å². The highest BCUT2D eigenvalue weighted by Crippen LogP contribution is 2.20. The second-order valence-corrected chi connectivity index (χ2v) is 7.05. The molecule has 2 aromatic carbocycles. The smallest absolute Gasteiger partial charge is 0.325 e. The minimum atomic E-state index is -0.527. The van der Waals surface area contributed by atoms with Gasteiger partial charge in [-0.3, -0.25) is 23.7 Å². The van der Waals surface area contributed by atoms with E-state index >= 15 is 0 Å². The molecule has 3 aromatic rings. The Labute approximate surface area is 190 Å². The number of nitrogens with zero attached hydrogens (tertiary/aromatic N) is 1. The molecular formula is C24H25N3O6. The maximum absolute atomic E-state index is 13.1. The van der Waals surface area contributed by atoms with Crippen molar-refractivity contribution < 1.29 is 23.9 Å². The van der Waals surface area contributed by atoms with E-state index < -0.39 is 17.8 Å². The number of aromatic nitrogens is 1. The van der Waals surface area contributed by atoms with Gasteiger partial charge in [0.1, 0.15) is 12.3 Å². The molecule has 3 rings (SSSR count). The van der Waals surface area contributed by atoms with E-state index in [0.717, 1.165) is 0 Å². The molecule has 1 aromatic heterocycles. The van der Waals surface area contributed by atoms with E-state index in [0.29, 0.717) is 27.8 Å². The van der Waals surface area contributed by atoms with Crippen molar-refractivity contribution in [2.24, 2.45) is 0 Å². The number of hydrogen-bond acceptors (Lipinski definition) is 6. The van der Waals surface area contributed by atoms with Gasteiger partial charge >= 0.3 is 5.97 Å². The zero-order valence-corrected chi connectivity index (χ0v) is 18.4. The minimum Gasteiger partial charge on any atom is -0.497 e. The van der Waals surface area contributed by atoms with Crippen LogP contribution < -0.4 is 20.9 Å². The molecule has 0 aliphatic carbocycles. The first kappa shape index (κ1) is 23.5. The van der Waals surface area contributed by atoms with E-state index in [4.69, 9.17) is 9.47 Å². The van der Waals surface area contributed by atoms with Crippen LogP contribution in [-0.2, 0) is 14.3 Å². The van der Waals surface area contributed by atoms with Crippen LogP contribution in [-0.4, -0.2) is 49.2 Å². The fourth-order valence-electron chi connectivity index (χ4n) is 3.28. The van der Waals surface area contributed by atoms with Crippen molar-refractivity contribution in [3.8, 4) is 11.4 Å². The van der Waals surface area contributed by atoms with Gasteiger partial charge in [0.15, 0.2) is 0 Å². The summed E-state index contributed by atoms with van der Waals surface area (Å²) in [6.07, 6.45) is 1.47. The summed E-state index contributed by atoms with van der Waals surface area (Å²) in [5.74, 6) is -0.774. The summed E-state index contributed by atoms with van der Waals surface area (Å²) in [6.45, 7) is 1.74. The highest BCUT2D eigenvalue weighted by atomic mass is 16.5. The van der Waals surface area contributed by atoms with Crippen LogP contribution in [0.4, 0.5) is 0 Å². The summed E-state index contributed by atoms with van der Waals surface area (Å²) >= 11 is 0. The highest BCUT2D eigenvalue weighted by Gasteiger charge is 2.16. The lowest BCUT2D eigenvalue weighted by molar-refractivity contribution is -0.143. The zero-order chi connectivity index (χ0) is 23.8. The van der Waals surface area contributed by atoms with Gasteiger partial charge in [-0.15, -0.1) is 0 Å². The second kappa shape index (κ2) is 10.9. The van der Waals surface area contributed by atoms with Crippen LogP contribution in [0.2, 0.25) is 0 Å². The van der Waals surface area contributed by atoms with E-state index in [1.54, 1.807) is 55.5 Å². The predicted octanol–water partition coefficient (Wildman–Crippen LogP) is 1.80. The normalized spacial score (nSPS) is 10.5. The van der Waals surface area contributed by atoms with Crippen molar-refractivity contribution in [2.45, 2.75) is 13.3 Å². The standard InChI is InChI=1S/C24H25N3O6/c1-3-33-22(29)14-26-21(28)11-12-25-23(30)20-15-27(16-7-6-8-17(13-16)32-2)24(31)19-10-5-4-9-18(19)20/h4-10,13,15H,3,11-12,14H2,1-2H3,(H,25,30)(H,26,28). The molecule has 0 radical (unpaired) electrons. The van der Waals surface area contributed by atoms with Gasteiger partial charge in [0.05, 0.1) is 25.0 Å². The van der Waals surface area contributed by atoms with Crippen LogP contribution >= 0.6 is 0 Å². The lowest BCUT2D eigenvalue weighted by Gasteiger charge is -2.13. The van der Waals surface area contributed by atoms with Crippen molar-refractivity contribution in [3.63, 3.8) is 0 Å². The maximum atomic E-state index is 13.1. The number of hydrogen-bond donors (Lipinski definition) is 2. The Morgan fingerprint density at radius 3 is 2.48 bits per heavy atom. The number of methoxy groups -OCH3 is 1. The predicted molar refractivity (Wildman–Crippen MR) is 123 cm³/mol. The number of rotatable bonds is 9. The molecular weight excluding hydrogens is 426 g/mol. The molecule has 0 bridgehead atoms. The second-order valence-electron chi connectivity index (χ2n) is 7.05. The maximum Gasteiger partial charge on any atom is 0.325 e. The Morgan fingerprint density at radius 2 is 1.76 bits per heavy atom. The molecule has 2 N–H and O–H groups in total. The molecule has 0 aliphatic heterocycles. The Bertz CT molecular complexity index is 1230. The zero-order valence-electron chi connectivity index (χ0n) is 18.4. The van der Waals surface area contributed by atoms with E-state index in [1.807, 2.05) is 0 Å². The molecule has 0 unspecified atom stereocenters. The van der Waals surface area contributed by atoms with Crippen LogP contribution in [0.25, 0.3) is 16.5 Å². The van der Waals surface area contributed by atoms with Crippen LogP contribution in [0.5, 0.6) is 5.75 Å². The molecule has 0 spiro atoms. The van der Waals surface area contributed by atoms with Gasteiger partial charge in [0.2, 0.25) is 5.91 Å². The van der Waals surface area contributed by atoms with Gasteiger partial charge in [-0.25, -0.2) is 0 Å². The summed E-state index contributed by atoms with van der Waals surface area (Å²) in [4.78, 5) is 49.2. The number of nitrogens with one attached hydrogen (secondary N) is 2. The summed E-state index contributed by atoms with van der Waals surface area (Å²) in [6, 6.07) is 13.8. The summed E-state index contributed by atoms with van der Waals surface area (Å²) < 4.78 is 11.4. The van der Waals surface area contributed by atoms with E-state index in [9.17, 15) is 19.2 Å². The largest absolute Gasteiger partial charge is 0.497 e. The molecule has 0 aliphatic rings. The summed E-state index contributed by atoms with van der Waals surface area (Å²) in [5, 5.41) is 6.03. The Kier molecular flexibility index (Phi) is 7.80. The molecule has 9 heteroatoms. The molecule has 0 fully saturated rings. The fraction of sp³-hybridized carbons (Fsp3) is 0.250. The third-order valence-electron chi connectivity index (χ3n) is 4.87. The SMILES string of the molecule is CCOC(=O)CNC(=O)CCNC(=O)c1cn(-c2cccc(OC)c2)c(=O)c2ccccc12. The molecule has 0 saturated carbocycles. The van der Waals surface area contributed by atoms with Crippen molar-refractivity contribution in [3.05, 3.63) is 70.6 Å². The van der Waals surface area contributed by atoms with E-state index in [1.165, 1.54) is 17.9 Å². The number of carbonyl (C=O) groups excluding carboxylic acids is 3. The number of fused-ring (bicyclic) bond motifs is 1. The number of ether oxygens (including phenoxy) is 2. The molecule has 172 valence electrons. The monoisotopic (exact) mass is 451 g/mol. The average Bonchev–Trinajstić information content (AvgIpc) is 2.83. The quantitative estimate of drug-likeness (QED) is 0.480. The van der Waals surface area contributed by atoms with Crippen LogP contribution in [0, 0.1) is 0 Å². The third-order valence-corrected chi connectivity index (χ3v) is 4.87. The third kappa shape index (κ3) is 5.76. The minimum absolute atomic E-state index is 0.0153. The Balaban J connectivity index is 1.80. The first-order valence-corrected chi connectivity index (χ1v) is 10.4.